The number of carbonyl (C=O) groups is 1. The molecule has 152 valence electrons. The van der Waals surface area contributed by atoms with E-state index in [1.165, 1.54) is 29.7 Å². The fourth-order valence-electron chi connectivity index (χ4n) is 3.35. The molecule has 1 fully saturated rings. The predicted octanol–water partition coefficient (Wildman–Crippen LogP) is 2.88. The van der Waals surface area contributed by atoms with Crippen LogP contribution in [-0.4, -0.2) is 64.0 Å². The van der Waals surface area contributed by atoms with Gasteiger partial charge < -0.3 is 15.0 Å². The third kappa shape index (κ3) is 4.53. The van der Waals surface area contributed by atoms with Gasteiger partial charge in [-0.05, 0) is 39.1 Å². The minimum absolute atomic E-state index is 0.345. The summed E-state index contributed by atoms with van der Waals surface area (Å²) in [6, 6.07) is 1.83. The quantitative estimate of drug-likeness (QED) is 0.588. The molecule has 1 N–H and O–H groups in total. The summed E-state index contributed by atoms with van der Waals surface area (Å²) in [4.78, 5) is 17.6. The SMILES string of the molecule is CCn1ncc(CN2CCN(C(=S)Nc3sc(C)cc3C(=O)OC)CC2)c1C. The zero-order valence-electron chi connectivity index (χ0n) is 16.8. The van der Waals surface area contributed by atoms with Crippen LogP contribution in [-0.2, 0) is 17.8 Å². The second-order valence-electron chi connectivity index (χ2n) is 6.86. The Morgan fingerprint density at radius 1 is 1.32 bits per heavy atom. The van der Waals surface area contributed by atoms with Crippen molar-refractivity contribution in [3.8, 4) is 0 Å². The number of aromatic nitrogens is 2. The van der Waals surface area contributed by atoms with Crippen LogP contribution in [0.4, 0.5) is 5.00 Å². The lowest BCUT2D eigenvalue weighted by Gasteiger charge is -2.36. The van der Waals surface area contributed by atoms with Gasteiger partial charge in [-0.25, -0.2) is 4.79 Å². The number of anilines is 1. The molecule has 0 saturated carbocycles. The van der Waals surface area contributed by atoms with Crippen LogP contribution < -0.4 is 5.32 Å². The summed E-state index contributed by atoms with van der Waals surface area (Å²) in [5.74, 6) is -0.345. The van der Waals surface area contributed by atoms with Gasteiger partial charge >= 0.3 is 5.97 Å². The number of rotatable bonds is 5. The second-order valence-corrected chi connectivity index (χ2v) is 8.50. The average molecular weight is 422 g/mol. The molecule has 28 heavy (non-hydrogen) atoms. The van der Waals surface area contributed by atoms with Crippen LogP contribution in [0, 0.1) is 13.8 Å². The molecule has 0 aliphatic carbocycles. The fraction of sp³-hybridized carbons (Fsp3) is 0.526. The van der Waals surface area contributed by atoms with Crippen LogP contribution in [0.25, 0.3) is 0 Å². The smallest absolute Gasteiger partial charge is 0.340 e. The highest BCUT2D eigenvalue weighted by atomic mass is 32.1. The lowest BCUT2D eigenvalue weighted by Crippen LogP contribution is -2.49. The Kier molecular flexibility index (Phi) is 6.69. The summed E-state index contributed by atoms with van der Waals surface area (Å²) in [5, 5.41) is 9.08. The lowest BCUT2D eigenvalue weighted by atomic mass is 10.2. The highest BCUT2D eigenvalue weighted by molar-refractivity contribution is 7.80. The maximum absolute atomic E-state index is 11.9. The minimum atomic E-state index is -0.345. The molecule has 2 aromatic heterocycles. The van der Waals surface area contributed by atoms with E-state index in [2.05, 4.69) is 34.1 Å². The maximum Gasteiger partial charge on any atom is 0.340 e. The summed E-state index contributed by atoms with van der Waals surface area (Å²) < 4.78 is 6.90. The number of thiophene rings is 1. The van der Waals surface area contributed by atoms with Crippen molar-refractivity contribution >= 4 is 39.6 Å². The molecular weight excluding hydrogens is 394 g/mol. The molecular formula is C19H27N5O2S2. The number of nitrogens with one attached hydrogen (secondary N) is 1. The molecule has 0 amide bonds. The number of esters is 1. The van der Waals surface area contributed by atoms with Crippen molar-refractivity contribution in [3.05, 3.63) is 34.0 Å². The number of hydrogen-bond donors (Lipinski definition) is 1. The molecule has 3 rings (SSSR count). The lowest BCUT2D eigenvalue weighted by molar-refractivity contribution is 0.0602. The van der Waals surface area contributed by atoms with Gasteiger partial charge in [-0.15, -0.1) is 11.3 Å². The molecule has 9 heteroatoms. The number of aryl methyl sites for hydroxylation is 2. The summed E-state index contributed by atoms with van der Waals surface area (Å²) in [5.41, 5.74) is 3.06. The monoisotopic (exact) mass is 421 g/mol. The Labute approximate surface area is 175 Å². The molecule has 1 aliphatic rings. The van der Waals surface area contributed by atoms with Crippen LogP contribution in [0.15, 0.2) is 12.3 Å². The molecule has 7 nitrogen and oxygen atoms in total. The van der Waals surface area contributed by atoms with Crippen molar-refractivity contribution in [1.29, 1.82) is 0 Å². The van der Waals surface area contributed by atoms with E-state index in [9.17, 15) is 4.79 Å². The Hall–Kier alpha value is -1.97. The van der Waals surface area contributed by atoms with Gasteiger partial charge in [0.1, 0.15) is 5.00 Å². The van der Waals surface area contributed by atoms with Gasteiger partial charge in [0.15, 0.2) is 5.11 Å². The highest BCUT2D eigenvalue weighted by Gasteiger charge is 2.22. The highest BCUT2D eigenvalue weighted by Crippen LogP contribution is 2.28. The van der Waals surface area contributed by atoms with E-state index in [4.69, 9.17) is 17.0 Å². The average Bonchev–Trinajstić information content (AvgIpc) is 3.23. The number of nitrogens with zero attached hydrogens (tertiary/aromatic N) is 4. The minimum Gasteiger partial charge on any atom is -0.465 e. The molecule has 0 bridgehead atoms. The fourth-order valence-corrected chi connectivity index (χ4v) is 4.60. The van der Waals surface area contributed by atoms with E-state index in [1.54, 1.807) is 0 Å². The Balaban J connectivity index is 1.55. The van der Waals surface area contributed by atoms with Crippen LogP contribution in [0.2, 0.25) is 0 Å². The van der Waals surface area contributed by atoms with Gasteiger partial charge in [0.2, 0.25) is 0 Å². The zero-order chi connectivity index (χ0) is 20.3. The van der Waals surface area contributed by atoms with Crippen molar-refractivity contribution in [3.63, 3.8) is 0 Å². The third-order valence-electron chi connectivity index (χ3n) is 5.04. The first-order valence-electron chi connectivity index (χ1n) is 9.41. The van der Waals surface area contributed by atoms with E-state index in [0.717, 1.165) is 49.1 Å². The first-order valence-corrected chi connectivity index (χ1v) is 10.6. The number of piperazine rings is 1. The van der Waals surface area contributed by atoms with Crippen molar-refractivity contribution in [2.75, 3.05) is 38.6 Å². The van der Waals surface area contributed by atoms with Gasteiger partial charge in [0.25, 0.3) is 0 Å². The normalized spacial score (nSPS) is 14.9. The van der Waals surface area contributed by atoms with E-state index >= 15 is 0 Å². The largest absolute Gasteiger partial charge is 0.465 e. The van der Waals surface area contributed by atoms with Gasteiger partial charge in [-0.1, -0.05) is 0 Å². The van der Waals surface area contributed by atoms with E-state index in [1.807, 2.05) is 23.9 Å². The van der Waals surface area contributed by atoms with Gasteiger partial charge in [0, 0.05) is 55.4 Å². The molecule has 2 aromatic rings. The van der Waals surface area contributed by atoms with Crippen LogP contribution in [0.3, 0.4) is 0 Å². The maximum atomic E-state index is 11.9. The number of hydrogen-bond acceptors (Lipinski definition) is 6. The van der Waals surface area contributed by atoms with Crippen molar-refractivity contribution in [1.82, 2.24) is 19.6 Å². The first kappa shape index (κ1) is 20.8. The van der Waals surface area contributed by atoms with Crippen LogP contribution >= 0.6 is 23.6 Å². The van der Waals surface area contributed by atoms with Gasteiger partial charge in [0.05, 0.1) is 18.9 Å². The molecule has 1 saturated heterocycles. The number of ether oxygens (including phenoxy) is 1. The van der Waals surface area contributed by atoms with Crippen molar-refractivity contribution in [2.24, 2.45) is 0 Å². The summed E-state index contributed by atoms with van der Waals surface area (Å²) in [6.07, 6.45) is 1.98. The van der Waals surface area contributed by atoms with E-state index in [0.29, 0.717) is 10.7 Å². The van der Waals surface area contributed by atoms with E-state index < -0.39 is 0 Å². The molecule has 0 aromatic carbocycles. The second kappa shape index (κ2) is 9.02. The molecule has 3 heterocycles. The number of thiocarbonyl (C=S) groups is 1. The molecule has 0 atom stereocenters. The van der Waals surface area contributed by atoms with Crippen LogP contribution in [0.5, 0.6) is 0 Å². The number of methoxy groups -OCH3 is 1. The summed E-state index contributed by atoms with van der Waals surface area (Å²) in [7, 11) is 1.39. The third-order valence-corrected chi connectivity index (χ3v) is 6.37. The topological polar surface area (TPSA) is 62.6 Å². The Morgan fingerprint density at radius 2 is 2.04 bits per heavy atom. The molecule has 0 radical (unpaired) electrons. The van der Waals surface area contributed by atoms with Gasteiger partial charge in [-0.2, -0.15) is 5.10 Å². The number of carbonyl (C=O) groups excluding carboxylic acids is 1. The molecule has 0 unspecified atom stereocenters. The predicted molar refractivity (Wildman–Crippen MR) is 116 cm³/mol. The first-order chi connectivity index (χ1) is 13.4. The molecule has 0 spiro atoms. The summed E-state index contributed by atoms with van der Waals surface area (Å²) in [6.45, 7) is 11.6. The van der Waals surface area contributed by atoms with Crippen LogP contribution in [0.1, 0.15) is 33.4 Å². The zero-order valence-corrected chi connectivity index (χ0v) is 18.5. The standard InChI is InChI=1S/C19H27N5O2S2/c1-5-24-14(3)15(11-20-24)12-22-6-8-23(9-7-22)19(27)21-17-16(18(25)26-4)10-13(2)28-17/h10-11H,5-9,12H2,1-4H3,(H,21,27). The van der Waals surface area contributed by atoms with Gasteiger partial charge in [-0.3, -0.25) is 9.58 Å². The summed E-state index contributed by atoms with van der Waals surface area (Å²) >= 11 is 7.11. The molecule has 1 aliphatic heterocycles. The Bertz CT molecular complexity index is 853. The van der Waals surface area contributed by atoms with Crippen molar-refractivity contribution in [2.45, 2.75) is 33.9 Å². The Morgan fingerprint density at radius 3 is 2.64 bits per heavy atom. The van der Waals surface area contributed by atoms with Crippen molar-refractivity contribution < 1.29 is 9.53 Å². The van der Waals surface area contributed by atoms with E-state index in [-0.39, 0.29) is 5.97 Å².